The first-order chi connectivity index (χ1) is 13.1. The van der Waals surface area contributed by atoms with Crippen molar-refractivity contribution in [2.75, 3.05) is 12.4 Å². The molecular weight excluding hydrogens is 362 g/mol. The molecule has 3 aromatic carbocycles. The molecule has 0 atom stereocenters. The normalized spacial score (nSPS) is 10.7. The van der Waals surface area contributed by atoms with Crippen molar-refractivity contribution >= 4 is 34.2 Å². The number of hydrogen-bond acceptors (Lipinski definition) is 3. The number of nitrogens with zero attached hydrogens (tertiary/aromatic N) is 1. The van der Waals surface area contributed by atoms with Crippen molar-refractivity contribution in [2.45, 2.75) is 0 Å². The summed E-state index contributed by atoms with van der Waals surface area (Å²) in [5, 5.41) is 3.35. The van der Waals surface area contributed by atoms with E-state index in [1.807, 2.05) is 48.5 Å². The molecule has 1 aromatic heterocycles. The van der Waals surface area contributed by atoms with E-state index in [-0.39, 0.29) is 5.91 Å². The van der Waals surface area contributed by atoms with Gasteiger partial charge in [0.05, 0.1) is 23.7 Å². The first-order valence-corrected chi connectivity index (χ1v) is 8.72. The van der Waals surface area contributed by atoms with Gasteiger partial charge in [0.2, 0.25) is 0 Å². The Hall–Kier alpha value is -3.31. The van der Waals surface area contributed by atoms with Crippen LogP contribution in [0.2, 0.25) is 5.02 Å². The highest BCUT2D eigenvalue weighted by molar-refractivity contribution is 6.31. The number of aromatic amines is 1. The second-order valence-corrected chi connectivity index (χ2v) is 6.42. The SMILES string of the molecule is COc1ccc(Cl)cc1C(=O)Nc1cccc(-c2nc3ccccc3[nH]2)c1. The molecule has 0 spiro atoms. The third-order valence-electron chi connectivity index (χ3n) is 4.19. The summed E-state index contributed by atoms with van der Waals surface area (Å²) in [4.78, 5) is 20.5. The fourth-order valence-corrected chi connectivity index (χ4v) is 3.06. The second-order valence-electron chi connectivity index (χ2n) is 5.98. The van der Waals surface area contributed by atoms with Crippen LogP contribution >= 0.6 is 11.6 Å². The van der Waals surface area contributed by atoms with Crippen molar-refractivity contribution in [1.82, 2.24) is 9.97 Å². The van der Waals surface area contributed by atoms with Crippen LogP contribution in [0.25, 0.3) is 22.4 Å². The standard InChI is InChI=1S/C21H16ClN3O2/c1-27-19-10-9-14(22)12-16(19)21(26)23-15-6-4-5-13(11-15)20-24-17-7-2-3-8-18(17)25-20/h2-12H,1H3,(H,23,26)(H,24,25). The van der Waals surface area contributed by atoms with Crippen LogP contribution in [0, 0.1) is 0 Å². The fraction of sp³-hybridized carbons (Fsp3) is 0.0476. The number of rotatable bonds is 4. The zero-order valence-electron chi connectivity index (χ0n) is 14.5. The van der Waals surface area contributed by atoms with Crippen LogP contribution in [0.4, 0.5) is 5.69 Å². The number of anilines is 1. The van der Waals surface area contributed by atoms with E-state index in [0.717, 1.165) is 22.4 Å². The first kappa shape index (κ1) is 17.1. The predicted octanol–water partition coefficient (Wildman–Crippen LogP) is 5.14. The van der Waals surface area contributed by atoms with Crippen LogP contribution in [0.1, 0.15) is 10.4 Å². The quantitative estimate of drug-likeness (QED) is 0.517. The Labute approximate surface area is 161 Å². The first-order valence-electron chi connectivity index (χ1n) is 8.34. The van der Waals surface area contributed by atoms with Crippen molar-refractivity contribution in [2.24, 2.45) is 0 Å². The molecule has 0 unspecified atom stereocenters. The van der Waals surface area contributed by atoms with Crippen LogP contribution < -0.4 is 10.1 Å². The fourth-order valence-electron chi connectivity index (χ4n) is 2.89. The third-order valence-corrected chi connectivity index (χ3v) is 4.42. The number of methoxy groups -OCH3 is 1. The van der Waals surface area contributed by atoms with Gasteiger partial charge in [-0.2, -0.15) is 0 Å². The number of fused-ring (bicyclic) bond motifs is 1. The maximum Gasteiger partial charge on any atom is 0.259 e. The Balaban J connectivity index is 1.63. The van der Waals surface area contributed by atoms with E-state index in [4.69, 9.17) is 16.3 Å². The molecule has 134 valence electrons. The minimum Gasteiger partial charge on any atom is -0.496 e. The van der Waals surface area contributed by atoms with E-state index in [1.165, 1.54) is 7.11 Å². The lowest BCUT2D eigenvalue weighted by Crippen LogP contribution is -2.13. The maximum atomic E-state index is 12.7. The largest absolute Gasteiger partial charge is 0.496 e. The number of aromatic nitrogens is 2. The summed E-state index contributed by atoms with van der Waals surface area (Å²) in [5.41, 5.74) is 3.76. The zero-order chi connectivity index (χ0) is 18.8. The van der Waals surface area contributed by atoms with Crippen LogP contribution in [0.15, 0.2) is 66.7 Å². The number of halogens is 1. The molecule has 0 saturated heterocycles. The average Bonchev–Trinajstić information content (AvgIpc) is 3.12. The third kappa shape index (κ3) is 3.50. The topological polar surface area (TPSA) is 67.0 Å². The number of carbonyl (C=O) groups is 1. The monoisotopic (exact) mass is 377 g/mol. The molecule has 4 aromatic rings. The highest BCUT2D eigenvalue weighted by atomic mass is 35.5. The molecule has 4 rings (SSSR count). The molecule has 0 aliphatic heterocycles. The van der Waals surface area contributed by atoms with E-state index >= 15 is 0 Å². The van der Waals surface area contributed by atoms with E-state index in [9.17, 15) is 4.79 Å². The van der Waals surface area contributed by atoms with E-state index < -0.39 is 0 Å². The number of H-pyrrole nitrogens is 1. The van der Waals surface area contributed by atoms with Crippen LogP contribution in [-0.4, -0.2) is 23.0 Å². The van der Waals surface area contributed by atoms with Gasteiger partial charge in [-0.05, 0) is 42.5 Å². The Morgan fingerprint density at radius 1 is 1.07 bits per heavy atom. The molecule has 0 aliphatic carbocycles. The molecule has 1 heterocycles. The number of imidazole rings is 1. The van der Waals surface area contributed by atoms with Crippen LogP contribution in [0.3, 0.4) is 0 Å². The Morgan fingerprint density at radius 3 is 2.74 bits per heavy atom. The van der Waals surface area contributed by atoms with Crippen LogP contribution in [-0.2, 0) is 0 Å². The smallest absolute Gasteiger partial charge is 0.259 e. The summed E-state index contributed by atoms with van der Waals surface area (Å²) in [7, 11) is 1.52. The lowest BCUT2D eigenvalue weighted by molar-refractivity contribution is 0.102. The number of nitrogens with one attached hydrogen (secondary N) is 2. The molecule has 0 aliphatic rings. The average molecular weight is 378 g/mol. The van der Waals surface area contributed by atoms with Crippen molar-refractivity contribution in [1.29, 1.82) is 0 Å². The summed E-state index contributed by atoms with van der Waals surface area (Å²) < 4.78 is 5.25. The number of ether oxygens (including phenoxy) is 1. The van der Waals surface area contributed by atoms with Gasteiger partial charge >= 0.3 is 0 Å². The number of benzene rings is 3. The number of hydrogen-bond donors (Lipinski definition) is 2. The van der Waals surface area contributed by atoms with Crippen molar-refractivity contribution in [3.63, 3.8) is 0 Å². The summed E-state index contributed by atoms with van der Waals surface area (Å²) in [6, 6.07) is 20.3. The minimum atomic E-state index is -0.295. The van der Waals surface area contributed by atoms with Gasteiger partial charge in [-0.25, -0.2) is 4.98 Å². The highest BCUT2D eigenvalue weighted by Gasteiger charge is 2.14. The Bertz CT molecular complexity index is 1100. The van der Waals surface area contributed by atoms with E-state index in [2.05, 4.69) is 15.3 Å². The lowest BCUT2D eigenvalue weighted by atomic mass is 10.1. The molecule has 6 heteroatoms. The Kier molecular flexibility index (Phi) is 4.52. The van der Waals surface area contributed by atoms with Gasteiger partial charge in [0.15, 0.2) is 0 Å². The molecule has 5 nitrogen and oxygen atoms in total. The summed E-state index contributed by atoms with van der Waals surface area (Å²) in [6.07, 6.45) is 0. The van der Waals surface area contributed by atoms with Gasteiger partial charge in [0, 0.05) is 16.3 Å². The molecule has 0 saturated carbocycles. The van der Waals surface area contributed by atoms with Gasteiger partial charge in [0.25, 0.3) is 5.91 Å². The van der Waals surface area contributed by atoms with Crippen molar-refractivity contribution in [3.8, 4) is 17.1 Å². The molecular formula is C21H16ClN3O2. The van der Waals surface area contributed by atoms with E-state index in [0.29, 0.717) is 22.0 Å². The molecule has 0 radical (unpaired) electrons. The van der Waals surface area contributed by atoms with Gasteiger partial charge in [-0.3, -0.25) is 4.79 Å². The summed E-state index contributed by atoms with van der Waals surface area (Å²) in [5.74, 6) is 0.911. The number of carbonyl (C=O) groups excluding carboxylic acids is 1. The zero-order valence-corrected chi connectivity index (χ0v) is 15.2. The van der Waals surface area contributed by atoms with Crippen molar-refractivity contribution < 1.29 is 9.53 Å². The Morgan fingerprint density at radius 2 is 1.93 bits per heavy atom. The highest BCUT2D eigenvalue weighted by Crippen LogP contribution is 2.26. The van der Waals surface area contributed by atoms with Crippen molar-refractivity contribution in [3.05, 3.63) is 77.3 Å². The van der Waals surface area contributed by atoms with Crippen LogP contribution in [0.5, 0.6) is 5.75 Å². The second kappa shape index (κ2) is 7.13. The number of amides is 1. The van der Waals surface area contributed by atoms with Gasteiger partial charge in [-0.1, -0.05) is 35.9 Å². The molecule has 27 heavy (non-hydrogen) atoms. The predicted molar refractivity (Wildman–Crippen MR) is 107 cm³/mol. The summed E-state index contributed by atoms with van der Waals surface area (Å²) in [6.45, 7) is 0. The summed E-state index contributed by atoms with van der Waals surface area (Å²) >= 11 is 6.02. The molecule has 2 N–H and O–H groups in total. The van der Waals surface area contributed by atoms with E-state index in [1.54, 1.807) is 18.2 Å². The molecule has 1 amide bonds. The van der Waals surface area contributed by atoms with Gasteiger partial charge < -0.3 is 15.0 Å². The number of para-hydroxylation sites is 2. The minimum absolute atomic E-state index is 0.295. The maximum absolute atomic E-state index is 12.7. The molecule has 0 bridgehead atoms. The van der Waals surface area contributed by atoms with Gasteiger partial charge in [-0.15, -0.1) is 0 Å². The lowest BCUT2D eigenvalue weighted by Gasteiger charge is -2.10. The van der Waals surface area contributed by atoms with Gasteiger partial charge in [0.1, 0.15) is 11.6 Å². The molecule has 0 fully saturated rings.